The van der Waals surface area contributed by atoms with Crippen LogP contribution in [0.25, 0.3) is 0 Å². The summed E-state index contributed by atoms with van der Waals surface area (Å²) in [6.07, 6.45) is 73.3. The number of hydrogen-bond donors (Lipinski definition) is 0. The molecule has 1 heterocycles. The normalized spacial score (nSPS) is 34.4. The highest BCUT2D eigenvalue weighted by Crippen LogP contribution is 2.50. The SMILES string of the molecule is C1=CCCC(C2=CCCC3=CCC(C4=CCC(N(C5=CC6=C(CC5)[C@@H]5CCC=CC5CC6)C5=CCC(C6=CC7C8=C(OC7C=C6)C(C6C=CC=CC6)=CCC8)CC5)C=C4)C=C32)=C1. The smallest absolute Gasteiger partial charge is 0.127 e. The van der Waals surface area contributed by atoms with Crippen molar-refractivity contribution in [1.82, 2.24) is 4.90 Å². The topological polar surface area (TPSA) is 12.5 Å². The maximum atomic E-state index is 6.79. The number of nitrogens with zero attached hydrogens (tertiary/aromatic N) is 1. The fraction of sp³-hybridized carbons (Fsp3) is 0.433. The molecule has 0 aromatic carbocycles. The van der Waals surface area contributed by atoms with E-state index in [1.807, 2.05) is 0 Å². The van der Waals surface area contributed by atoms with Crippen LogP contribution in [0, 0.1) is 35.5 Å². The number of allylic oxidation sites excluding steroid dienone is 28. The molecule has 0 radical (unpaired) electrons. The Bertz CT molecular complexity index is 2440. The molecule has 0 bridgehead atoms. The van der Waals surface area contributed by atoms with Crippen LogP contribution in [0.4, 0.5) is 0 Å². The first-order valence-electron chi connectivity index (χ1n) is 25.0. The summed E-state index contributed by atoms with van der Waals surface area (Å²) in [5.41, 5.74) is 18.8. The molecule has 11 aliphatic carbocycles. The summed E-state index contributed by atoms with van der Waals surface area (Å²) < 4.78 is 6.79. The number of fused-ring (bicyclic) bond motifs is 5. The van der Waals surface area contributed by atoms with Crippen LogP contribution in [0.3, 0.4) is 0 Å². The largest absolute Gasteiger partial charge is 0.485 e. The van der Waals surface area contributed by atoms with Crippen LogP contribution >= 0.6 is 0 Å². The van der Waals surface area contributed by atoms with Crippen molar-refractivity contribution < 1.29 is 4.74 Å². The van der Waals surface area contributed by atoms with Gasteiger partial charge in [-0.1, -0.05) is 121 Å². The molecule has 0 saturated heterocycles. The van der Waals surface area contributed by atoms with Gasteiger partial charge in [-0.05, 0) is 196 Å². The summed E-state index contributed by atoms with van der Waals surface area (Å²) in [5, 5.41) is 0. The molecule has 0 amide bonds. The zero-order valence-electron chi connectivity index (χ0n) is 36.8. The summed E-state index contributed by atoms with van der Waals surface area (Å²) in [5.74, 6) is 4.64. The van der Waals surface area contributed by atoms with Crippen molar-refractivity contribution in [3.05, 3.63) is 200 Å². The zero-order valence-corrected chi connectivity index (χ0v) is 36.8. The van der Waals surface area contributed by atoms with E-state index in [9.17, 15) is 0 Å². The monoisotopic (exact) mass is 816 g/mol. The Labute approximate surface area is 371 Å². The van der Waals surface area contributed by atoms with Gasteiger partial charge in [0.2, 0.25) is 0 Å². The van der Waals surface area contributed by atoms with Crippen LogP contribution in [0.5, 0.6) is 0 Å². The average molecular weight is 816 g/mol. The lowest BCUT2D eigenvalue weighted by atomic mass is 9.68. The van der Waals surface area contributed by atoms with Gasteiger partial charge in [-0.15, -0.1) is 0 Å². The lowest BCUT2D eigenvalue weighted by Crippen LogP contribution is -2.36. The van der Waals surface area contributed by atoms with Gasteiger partial charge in [0.15, 0.2) is 0 Å². The Kier molecular flexibility index (Phi) is 10.5. The van der Waals surface area contributed by atoms with Gasteiger partial charge in [0.05, 0.1) is 6.04 Å². The average Bonchev–Trinajstić information content (AvgIpc) is 3.73. The minimum atomic E-state index is 0.155. The van der Waals surface area contributed by atoms with Gasteiger partial charge >= 0.3 is 0 Å². The highest BCUT2D eigenvalue weighted by atomic mass is 16.5. The van der Waals surface area contributed by atoms with Crippen LogP contribution < -0.4 is 0 Å². The lowest BCUT2D eigenvalue weighted by molar-refractivity contribution is 0.167. The summed E-state index contributed by atoms with van der Waals surface area (Å²) in [6, 6.07) is 0.370. The molecule has 0 saturated carbocycles. The van der Waals surface area contributed by atoms with E-state index in [-0.39, 0.29) is 6.10 Å². The third-order valence-electron chi connectivity index (χ3n) is 16.8. The van der Waals surface area contributed by atoms with Gasteiger partial charge < -0.3 is 9.64 Å². The lowest BCUT2D eigenvalue weighted by Gasteiger charge is -2.43. The second-order valence-electron chi connectivity index (χ2n) is 20.2. The predicted octanol–water partition coefficient (Wildman–Crippen LogP) is 15.1. The van der Waals surface area contributed by atoms with E-state index in [4.69, 9.17) is 4.74 Å². The summed E-state index contributed by atoms with van der Waals surface area (Å²) in [7, 11) is 0. The summed E-state index contributed by atoms with van der Waals surface area (Å²) in [4.78, 5) is 2.85. The first-order valence-corrected chi connectivity index (χ1v) is 25.0. The predicted molar refractivity (Wildman–Crippen MR) is 256 cm³/mol. The number of rotatable bonds is 7. The molecule has 0 aromatic heterocycles. The van der Waals surface area contributed by atoms with Crippen LogP contribution in [0.1, 0.15) is 116 Å². The molecule has 0 N–H and O–H groups in total. The second-order valence-corrected chi connectivity index (χ2v) is 20.2. The zero-order chi connectivity index (χ0) is 41.0. The molecule has 1 aliphatic heterocycles. The maximum absolute atomic E-state index is 6.79. The van der Waals surface area contributed by atoms with Gasteiger partial charge in [-0.25, -0.2) is 0 Å². The van der Waals surface area contributed by atoms with Crippen molar-refractivity contribution in [3.63, 3.8) is 0 Å². The molecule has 0 aromatic rings. The number of hydrogen-bond acceptors (Lipinski definition) is 2. The molecule has 2 heteroatoms. The summed E-state index contributed by atoms with van der Waals surface area (Å²) >= 11 is 0. The third-order valence-corrected chi connectivity index (χ3v) is 16.8. The highest BCUT2D eigenvalue weighted by molar-refractivity contribution is 5.61. The molecule has 0 spiro atoms. The number of ether oxygens (including phenoxy) is 1. The fourth-order valence-corrected chi connectivity index (χ4v) is 13.6. The summed E-state index contributed by atoms with van der Waals surface area (Å²) in [6.45, 7) is 0. The van der Waals surface area contributed by atoms with Gasteiger partial charge in [0.1, 0.15) is 11.9 Å². The Morgan fingerprint density at radius 3 is 2.39 bits per heavy atom. The van der Waals surface area contributed by atoms with Crippen molar-refractivity contribution in [2.45, 2.75) is 128 Å². The van der Waals surface area contributed by atoms with Crippen molar-refractivity contribution in [2.24, 2.45) is 35.5 Å². The van der Waals surface area contributed by atoms with Gasteiger partial charge in [0, 0.05) is 29.1 Å². The van der Waals surface area contributed by atoms with Gasteiger partial charge in [-0.2, -0.15) is 0 Å². The van der Waals surface area contributed by atoms with E-state index in [0.29, 0.717) is 29.7 Å². The fourth-order valence-electron chi connectivity index (χ4n) is 13.6. The quantitative estimate of drug-likeness (QED) is 0.237. The van der Waals surface area contributed by atoms with Crippen LogP contribution in [0.2, 0.25) is 0 Å². The first kappa shape index (κ1) is 38.8. The Balaban J connectivity index is 0.804. The van der Waals surface area contributed by atoms with Crippen molar-refractivity contribution in [3.8, 4) is 0 Å². The first-order chi connectivity index (χ1) is 30.7. The Hall–Kier alpha value is -4.82. The standard InChI is InChI=1S/C60H65NO/c1-3-11-42(12-4-1)53-18-9-16-45-21-23-46(38-57(45)53)40-25-30-49(31-26-40)61(51-34-35-54-48(37-51)24-22-44-15-7-8-17-52(44)54)50-32-27-41(28-33-50)47-29-36-59-58(39-47)56-20-10-19-55(60(56)62-59)43-13-5-2-6-14-43/h1-3,5-7,11,13,15,18-19,21,25-26,29-30,32,36-39,41,43-44,46,49,52,58-59H,4,8-10,12,14,16-17,20,22-24,27-28,31,33-35H2/t41?,43?,44?,46?,49?,52-,58?,59?/m1/s1. The van der Waals surface area contributed by atoms with Crippen molar-refractivity contribution in [2.75, 3.05) is 0 Å². The Morgan fingerprint density at radius 2 is 1.52 bits per heavy atom. The van der Waals surface area contributed by atoms with E-state index in [1.54, 1.807) is 39.3 Å². The molecule has 8 atom stereocenters. The molecule has 62 heavy (non-hydrogen) atoms. The van der Waals surface area contributed by atoms with E-state index in [1.165, 1.54) is 97.8 Å². The maximum Gasteiger partial charge on any atom is 0.127 e. The molecule has 0 fully saturated rings. The Morgan fingerprint density at radius 1 is 0.565 bits per heavy atom. The second kappa shape index (κ2) is 16.7. The van der Waals surface area contributed by atoms with Crippen LogP contribution in [-0.2, 0) is 4.74 Å². The molecule has 316 valence electrons. The van der Waals surface area contributed by atoms with E-state index >= 15 is 0 Å². The minimum Gasteiger partial charge on any atom is -0.485 e. The van der Waals surface area contributed by atoms with Crippen molar-refractivity contribution in [1.29, 1.82) is 0 Å². The molecular weight excluding hydrogens is 751 g/mol. The molecule has 7 unspecified atom stereocenters. The molecule has 2 nitrogen and oxygen atoms in total. The van der Waals surface area contributed by atoms with Crippen LogP contribution in [0.15, 0.2) is 200 Å². The molecular formula is C60H65NO. The molecule has 12 rings (SSSR count). The highest BCUT2D eigenvalue weighted by Gasteiger charge is 2.41. The third kappa shape index (κ3) is 7.18. The van der Waals surface area contributed by atoms with E-state index < -0.39 is 0 Å². The van der Waals surface area contributed by atoms with Gasteiger partial charge in [0.25, 0.3) is 0 Å². The minimum absolute atomic E-state index is 0.155. The molecule has 12 aliphatic rings. The van der Waals surface area contributed by atoms with E-state index in [2.05, 4.69) is 132 Å². The van der Waals surface area contributed by atoms with Crippen LogP contribution in [-0.4, -0.2) is 17.0 Å². The van der Waals surface area contributed by atoms with E-state index in [0.717, 1.165) is 63.2 Å². The van der Waals surface area contributed by atoms with Crippen molar-refractivity contribution >= 4 is 0 Å². The van der Waals surface area contributed by atoms with Gasteiger partial charge in [-0.3, -0.25) is 0 Å².